The van der Waals surface area contributed by atoms with Gasteiger partial charge in [-0.3, -0.25) is 24.3 Å². The quantitative estimate of drug-likeness (QED) is 0.00765. The van der Waals surface area contributed by atoms with Crippen LogP contribution in [-0.4, -0.2) is 53.3 Å². The third-order valence-corrected chi connectivity index (χ3v) is 12.6. The van der Waals surface area contributed by atoms with Crippen LogP contribution >= 0.6 is 7.60 Å². The average Bonchev–Trinajstić information content (AvgIpc) is 3.26. The van der Waals surface area contributed by atoms with Crippen molar-refractivity contribution >= 4 is 25.2 Å². The van der Waals surface area contributed by atoms with Crippen LogP contribution in [0.25, 0.3) is 10.4 Å². The average molecular weight is 891 g/mol. The third-order valence-electron chi connectivity index (χ3n) is 11.2. The highest BCUT2D eigenvalue weighted by Gasteiger charge is 2.32. The van der Waals surface area contributed by atoms with Gasteiger partial charge in [0.1, 0.15) is 6.10 Å². The number of nitro groups is 1. The van der Waals surface area contributed by atoms with E-state index in [0.717, 1.165) is 57.8 Å². The Balaban J connectivity index is 2.65. The Bertz CT molecular complexity index is 1440. The molecule has 0 saturated heterocycles. The van der Waals surface area contributed by atoms with Crippen molar-refractivity contribution < 1.29 is 38.0 Å². The van der Waals surface area contributed by atoms with Crippen molar-refractivity contribution in [1.82, 2.24) is 0 Å². The molecule has 0 radical (unpaired) electrons. The lowest BCUT2D eigenvalue weighted by Crippen LogP contribution is -2.40. The van der Waals surface area contributed by atoms with E-state index in [1.165, 1.54) is 127 Å². The highest BCUT2D eigenvalue weighted by atomic mass is 31.2. The predicted molar refractivity (Wildman–Crippen MR) is 250 cm³/mol. The van der Waals surface area contributed by atoms with E-state index in [4.69, 9.17) is 19.5 Å². The number of hydrogen-bond donors (Lipinski definition) is 1. The summed E-state index contributed by atoms with van der Waals surface area (Å²) in [5.74, 6) is -1.15. The molecule has 1 N–H and O–H groups in total. The zero-order chi connectivity index (χ0) is 45.4. The number of carbonyl (C=O) groups excluding carboxylic acids is 2. The molecule has 0 aromatic heterocycles. The summed E-state index contributed by atoms with van der Waals surface area (Å²) in [7, 11) is -4.37. The lowest BCUT2D eigenvalue weighted by Gasteiger charge is -2.27. The van der Waals surface area contributed by atoms with Crippen LogP contribution in [-0.2, 0) is 34.6 Å². The second kappa shape index (κ2) is 39.4. The first-order chi connectivity index (χ1) is 30.1. The van der Waals surface area contributed by atoms with Gasteiger partial charge in [-0.25, -0.2) is 0 Å². The molecule has 0 heterocycles. The molecule has 0 saturated carbocycles. The molecule has 0 amide bonds. The number of esters is 2. The van der Waals surface area contributed by atoms with Gasteiger partial charge in [0.15, 0.2) is 6.10 Å². The third kappa shape index (κ3) is 32.4. The molecular formula is C48H83N4O9P. The van der Waals surface area contributed by atoms with E-state index < -0.39 is 49.4 Å². The van der Waals surface area contributed by atoms with Gasteiger partial charge in [0.05, 0.1) is 24.2 Å². The number of hydrogen-bond acceptors (Lipinski definition) is 9. The number of unbranched alkanes of at least 4 members (excludes halogenated alkanes) is 25. The minimum Gasteiger partial charge on any atom is -0.458 e. The van der Waals surface area contributed by atoms with Crippen molar-refractivity contribution in [1.29, 1.82) is 0 Å². The summed E-state index contributed by atoms with van der Waals surface area (Å²) in [5.41, 5.74) is 9.20. The fourth-order valence-electron chi connectivity index (χ4n) is 7.42. The summed E-state index contributed by atoms with van der Waals surface area (Å²) < 4.78 is 30.0. The summed E-state index contributed by atoms with van der Waals surface area (Å²) in [4.78, 5) is 50.5. The van der Waals surface area contributed by atoms with Gasteiger partial charge in [-0.05, 0) is 50.5 Å². The van der Waals surface area contributed by atoms with E-state index in [0.29, 0.717) is 12.8 Å². The molecule has 14 heteroatoms. The summed E-state index contributed by atoms with van der Waals surface area (Å²) in [6.45, 7) is 3.49. The van der Waals surface area contributed by atoms with Crippen molar-refractivity contribution in [2.24, 2.45) is 5.11 Å². The number of aryl methyl sites for hydroxylation is 1. The van der Waals surface area contributed by atoms with Crippen LogP contribution in [0.5, 0.6) is 0 Å². The molecule has 62 heavy (non-hydrogen) atoms. The second-order valence-corrected chi connectivity index (χ2v) is 18.8. The maximum absolute atomic E-state index is 13.1. The van der Waals surface area contributed by atoms with Crippen LogP contribution < -0.4 is 0 Å². The number of benzene rings is 1. The lowest BCUT2D eigenvalue weighted by molar-refractivity contribution is -0.385. The van der Waals surface area contributed by atoms with Gasteiger partial charge in [0.2, 0.25) is 0 Å². The molecule has 1 aromatic rings. The predicted octanol–water partition coefficient (Wildman–Crippen LogP) is 14.8. The normalized spacial score (nSPS) is 13.3. The fourth-order valence-corrected chi connectivity index (χ4v) is 8.45. The Morgan fingerprint density at radius 3 is 1.58 bits per heavy atom. The summed E-state index contributed by atoms with van der Waals surface area (Å²) >= 11 is 0. The molecule has 13 nitrogen and oxygen atoms in total. The van der Waals surface area contributed by atoms with Crippen molar-refractivity contribution in [3.05, 3.63) is 62.5 Å². The standard InChI is InChI=1S/C48H83N4O9P/c1-3-5-7-9-11-13-15-17-19-21-23-25-27-29-31-37-47(53)60-45(41-50-51-49)46(42-59-62(57,58)40-39-43-35-33-34-36-44(43)52(55)56)61-48(54)38-32-30-28-26-24-22-20-18-16-14-12-10-8-6-4-2/h18,20,33-36,45-46H,3-17,19,21-32,37-42H2,1-2H3,(H,57,58)/b20-18-/t45-,46-/m0/s1. The van der Waals surface area contributed by atoms with Gasteiger partial charge in [0, 0.05) is 29.4 Å². The first-order valence-corrected chi connectivity index (χ1v) is 26.1. The number of ether oxygens (including phenoxy) is 2. The van der Waals surface area contributed by atoms with Gasteiger partial charge >= 0.3 is 19.5 Å². The van der Waals surface area contributed by atoms with Gasteiger partial charge in [-0.2, -0.15) is 0 Å². The molecule has 0 bridgehead atoms. The molecule has 1 rings (SSSR count). The Morgan fingerprint density at radius 1 is 0.710 bits per heavy atom. The zero-order valence-electron chi connectivity index (χ0n) is 38.6. The van der Waals surface area contributed by atoms with Crippen molar-refractivity contribution in [3.8, 4) is 0 Å². The number of rotatable bonds is 43. The van der Waals surface area contributed by atoms with E-state index >= 15 is 0 Å². The molecule has 1 aromatic carbocycles. The van der Waals surface area contributed by atoms with E-state index in [1.54, 1.807) is 6.07 Å². The first kappa shape index (κ1) is 56.8. The van der Waals surface area contributed by atoms with Crippen LogP contribution in [0, 0.1) is 10.1 Å². The van der Waals surface area contributed by atoms with Gasteiger partial charge in [-0.1, -0.05) is 191 Å². The number of nitro benzene ring substituents is 1. The molecule has 0 fully saturated rings. The molecule has 0 aliphatic heterocycles. The van der Waals surface area contributed by atoms with Crippen molar-refractivity contribution in [2.45, 2.75) is 225 Å². The van der Waals surface area contributed by atoms with E-state index in [-0.39, 0.29) is 37.1 Å². The van der Waals surface area contributed by atoms with Gasteiger partial charge in [-0.15, -0.1) is 0 Å². The lowest BCUT2D eigenvalue weighted by atomic mass is 10.0. The van der Waals surface area contributed by atoms with E-state index in [1.807, 2.05) is 0 Å². The van der Waals surface area contributed by atoms with Crippen LogP contribution in [0.2, 0.25) is 0 Å². The monoisotopic (exact) mass is 891 g/mol. The van der Waals surface area contributed by atoms with Crippen LogP contribution in [0.1, 0.15) is 212 Å². The van der Waals surface area contributed by atoms with Gasteiger partial charge in [0.25, 0.3) is 5.69 Å². The minimum absolute atomic E-state index is 0.0877. The molecular weight excluding hydrogens is 808 g/mol. The molecule has 354 valence electrons. The highest BCUT2D eigenvalue weighted by Crippen LogP contribution is 2.43. The van der Waals surface area contributed by atoms with E-state index in [9.17, 15) is 29.2 Å². The highest BCUT2D eigenvalue weighted by molar-refractivity contribution is 7.52. The SMILES string of the molecule is CCCCCCCC/C=C\CCCCCCCC(=O)O[C@@H](COP(=O)(O)CCc1ccccc1[N+](=O)[O-])[C@H](CN=[N+]=[N-])OC(=O)CCCCCCCCCCCCCCCCC. The molecule has 0 aliphatic rings. The maximum atomic E-state index is 13.1. The summed E-state index contributed by atoms with van der Waals surface area (Å²) in [5, 5.41) is 15.0. The number of nitrogens with zero attached hydrogens (tertiary/aromatic N) is 4. The second-order valence-electron chi connectivity index (χ2n) is 16.8. The topological polar surface area (TPSA) is 191 Å². The Labute approximate surface area is 374 Å². The molecule has 0 aliphatic carbocycles. The molecule has 3 atom stereocenters. The van der Waals surface area contributed by atoms with Crippen LogP contribution in [0.3, 0.4) is 0 Å². The van der Waals surface area contributed by atoms with Crippen LogP contribution in [0.4, 0.5) is 5.69 Å². The number of carbonyl (C=O) groups is 2. The first-order valence-electron chi connectivity index (χ1n) is 24.4. The zero-order valence-corrected chi connectivity index (χ0v) is 39.5. The smallest absolute Gasteiger partial charge is 0.328 e. The van der Waals surface area contributed by atoms with E-state index in [2.05, 4.69) is 36.0 Å². The Morgan fingerprint density at radius 2 is 1.13 bits per heavy atom. The molecule has 1 unspecified atom stereocenters. The number of para-hydroxylation sites is 1. The molecule has 0 spiro atoms. The Hall–Kier alpha value is -3.24. The summed E-state index contributed by atoms with van der Waals surface area (Å²) in [6.07, 6.45) is 34.0. The fraction of sp³-hybridized carbons (Fsp3) is 0.792. The van der Waals surface area contributed by atoms with Crippen LogP contribution in [0.15, 0.2) is 41.5 Å². The van der Waals surface area contributed by atoms with Crippen molar-refractivity contribution in [3.63, 3.8) is 0 Å². The largest absolute Gasteiger partial charge is 0.458 e. The van der Waals surface area contributed by atoms with Gasteiger partial charge < -0.3 is 18.9 Å². The summed E-state index contributed by atoms with van der Waals surface area (Å²) in [6, 6.07) is 5.94. The minimum atomic E-state index is -4.37. The number of allylic oxidation sites excluding steroid dienone is 2. The Kier molecular flexibility index (Phi) is 36.0. The van der Waals surface area contributed by atoms with Crippen molar-refractivity contribution in [2.75, 3.05) is 19.3 Å². The number of azide groups is 1. The maximum Gasteiger partial charge on any atom is 0.328 e.